The Morgan fingerprint density at radius 1 is 1.02 bits per heavy atom. The van der Waals surface area contributed by atoms with Gasteiger partial charge in [-0.1, -0.05) is 61.5 Å². The molecule has 2 aliphatic rings. The smallest absolute Gasteiger partial charge is 0.243 e. The lowest BCUT2D eigenvalue weighted by atomic mass is 9.91. The molecule has 5 aromatic rings. The minimum absolute atomic E-state index is 0.0705. The molecule has 0 aliphatic carbocycles. The fourth-order valence-electron chi connectivity index (χ4n) is 7.91. The number of phenols is 1. The Morgan fingerprint density at radius 3 is 2.50 bits per heavy atom. The number of carbonyl (C=O) groups is 2. The number of thiazole rings is 1. The number of nitrogens with two attached hydrogens (primary N) is 1. The summed E-state index contributed by atoms with van der Waals surface area (Å²) in [6.45, 7) is 9.44. The second kappa shape index (κ2) is 22.2. The van der Waals surface area contributed by atoms with Crippen LogP contribution in [-0.4, -0.2) is 105 Å². The highest BCUT2D eigenvalue weighted by Crippen LogP contribution is 2.39. The number of para-hydroxylation sites is 1. The van der Waals surface area contributed by atoms with Gasteiger partial charge in [-0.05, 0) is 42.9 Å². The van der Waals surface area contributed by atoms with Gasteiger partial charge in [-0.2, -0.15) is 10.2 Å². The van der Waals surface area contributed by atoms with E-state index in [0.717, 1.165) is 32.8 Å². The van der Waals surface area contributed by atoms with E-state index in [1.807, 2.05) is 68.9 Å². The lowest BCUT2D eigenvalue weighted by Gasteiger charge is -2.28. The lowest BCUT2D eigenvalue weighted by molar-refractivity contribution is -0.141. The number of likely N-dealkylation sites (tertiary alicyclic amines) is 1. The van der Waals surface area contributed by atoms with Crippen molar-refractivity contribution in [2.24, 2.45) is 21.9 Å². The standard InChI is InChI=1S/C46H57N9O8S/c1-29(2)42(46(59)55-27-35(56)22-39(55)45(58)48-24-31-10-12-32(13-11-31)43-30(3)49-28-64-43)41-21-34(53-63-41)7-6-15-60-17-19-62-20-18-61-16-14-54-26-33(25-50-54)37-23-38(51-52-44(37)47)36-8-4-5-9-40(36)57/h4-5,8-13,21,25-26,28-29,35,38-39,42,56-57H,6-7,14-20,22-24,27,47H2,1-3H3,(H,48,58)/t35-,38?,39+,42-/m1/s1. The molecule has 18 heteroatoms. The van der Waals surface area contributed by atoms with Crippen LogP contribution in [0, 0.1) is 12.8 Å². The number of benzene rings is 2. The van der Waals surface area contributed by atoms with E-state index in [-0.39, 0.29) is 42.5 Å². The number of phenolic OH excluding ortho intramolecular Hbond substituents is 1. The minimum atomic E-state index is -0.805. The van der Waals surface area contributed by atoms with Gasteiger partial charge >= 0.3 is 0 Å². The van der Waals surface area contributed by atoms with Crippen LogP contribution in [0.4, 0.5) is 0 Å². The number of aryl methyl sites for hydroxylation is 2. The van der Waals surface area contributed by atoms with E-state index in [0.29, 0.717) is 94.8 Å². The molecule has 2 aromatic carbocycles. The number of aromatic hydroxyl groups is 1. The molecule has 2 aliphatic heterocycles. The summed E-state index contributed by atoms with van der Waals surface area (Å²) in [6.07, 6.45) is 4.82. The number of hydrogen-bond acceptors (Lipinski definition) is 15. The van der Waals surface area contributed by atoms with Crippen molar-refractivity contribution in [2.45, 2.75) is 83.6 Å². The van der Waals surface area contributed by atoms with Gasteiger partial charge in [-0.15, -0.1) is 16.5 Å². The first-order chi connectivity index (χ1) is 31.0. The number of nitrogens with one attached hydrogen (secondary N) is 1. The number of ether oxygens (including phenoxy) is 3. The lowest BCUT2D eigenvalue weighted by Crippen LogP contribution is -2.48. The average molecular weight is 896 g/mol. The molecule has 1 fully saturated rings. The molecule has 0 radical (unpaired) electrons. The van der Waals surface area contributed by atoms with E-state index in [1.54, 1.807) is 40.4 Å². The monoisotopic (exact) mass is 895 g/mol. The molecule has 3 aromatic heterocycles. The molecule has 17 nitrogen and oxygen atoms in total. The van der Waals surface area contributed by atoms with E-state index in [4.69, 9.17) is 24.5 Å². The maximum absolute atomic E-state index is 14.0. The van der Waals surface area contributed by atoms with Crippen molar-refractivity contribution in [2.75, 3.05) is 46.2 Å². The van der Waals surface area contributed by atoms with Gasteiger partial charge in [0.25, 0.3) is 0 Å². The fraction of sp³-hybridized carbons (Fsp3) is 0.457. The maximum Gasteiger partial charge on any atom is 0.243 e. The van der Waals surface area contributed by atoms with Gasteiger partial charge in [0, 0.05) is 61.5 Å². The van der Waals surface area contributed by atoms with Crippen molar-refractivity contribution in [1.29, 1.82) is 0 Å². The molecule has 4 atom stereocenters. The highest BCUT2D eigenvalue weighted by Gasteiger charge is 2.43. The summed E-state index contributed by atoms with van der Waals surface area (Å²) in [5, 5.41) is 40.9. The quantitative estimate of drug-likeness (QED) is 0.0593. The number of aliphatic hydroxyl groups excluding tert-OH is 1. The average Bonchev–Trinajstić information content (AvgIpc) is 4.12. The molecule has 0 bridgehead atoms. The van der Waals surface area contributed by atoms with Crippen LogP contribution in [0.15, 0.2) is 93.1 Å². The third-order valence-electron chi connectivity index (χ3n) is 11.3. The Balaban J connectivity index is 0.762. The van der Waals surface area contributed by atoms with Crippen LogP contribution in [0.5, 0.6) is 5.75 Å². The fourth-order valence-corrected chi connectivity index (χ4v) is 8.72. The molecule has 7 rings (SSSR count). The highest BCUT2D eigenvalue weighted by molar-refractivity contribution is 7.13. The zero-order chi connectivity index (χ0) is 45.0. The maximum atomic E-state index is 14.0. The van der Waals surface area contributed by atoms with Crippen molar-refractivity contribution >= 4 is 28.7 Å². The first-order valence-corrected chi connectivity index (χ1v) is 22.6. The molecule has 2 amide bonds. The first-order valence-electron chi connectivity index (χ1n) is 21.7. The van der Waals surface area contributed by atoms with Crippen molar-refractivity contribution in [3.63, 3.8) is 0 Å². The predicted molar refractivity (Wildman–Crippen MR) is 239 cm³/mol. The Labute approximate surface area is 376 Å². The van der Waals surface area contributed by atoms with Crippen LogP contribution in [0.3, 0.4) is 0 Å². The van der Waals surface area contributed by atoms with Crippen molar-refractivity contribution in [3.05, 3.63) is 112 Å². The van der Waals surface area contributed by atoms with Crippen LogP contribution < -0.4 is 11.1 Å². The molecule has 1 saturated heterocycles. The Morgan fingerprint density at radius 2 is 1.77 bits per heavy atom. The van der Waals surface area contributed by atoms with E-state index < -0.39 is 18.1 Å². The third kappa shape index (κ3) is 11.9. The van der Waals surface area contributed by atoms with Crippen LogP contribution in [0.1, 0.15) is 78.9 Å². The number of aromatic nitrogens is 4. The number of β-amino-alcohol motifs (C(OH)–C–C–N with tert-alkyl or cyclic N) is 1. The van der Waals surface area contributed by atoms with Crippen molar-refractivity contribution in [3.8, 4) is 16.2 Å². The highest BCUT2D eigenvalue weighted by atomic mass is 32.1. The second-order valence-electron chi connectivity index (χ2n) is 16.3. The summed E-state index contributed by atoms with van der Waals surface area (Å²) >= 11 is 1.59. The zero-order valence-electron chi connectivity index (χ0n) is 36.5. The number of amides is 2. The van der Waals surface area contributed by atoms with Crippen molar-refractivity contribution < 1.29 is 38.5 Å². The Hall–Kier alpha value is -5.79. The molecule has 0 spiro atoms. The summed E-state index contributed by atoms with van der Waals surface area (Å²) in [4.78, 5) is 34.4. The number of hydrogen-bond donors (Lipinski definition) is 4. The molecule has 340 valence electrons. The summed E-state index contributed by atoms with van der Waals surface area (Å²) in [5.41, 5.74) is 14.1. The van der Waals surface area contributed by atoms with Crippen LogP contribution >= 0.6 is 11.3 Å². The van der Waals surface area contributed by atoms with Gasteiger partial charge in [0.15, 0.2) is 0 Å². The number of nitrogens with zero attached hydrogens (tertiary/aromatic N) is 7. The number of carbonyl (C=O) groups excluding carboxylic acids is 2. The van der Waals surface area contributed by atoms with Gasteiger partial charge in [-0.25, -0.2) is 4.98 Å². The van der Waals surface area contributed by atoms with Gasteiger partial charge < -0.3 is 44.9 Å². The zero-order valence-corrected chi connectivity index (χ0v) is 37.3. The molecule has 1 unspecified atom stereocenters. The predicted octanol–water partition coefficient (Wildman–Crippen LogP) is 5.93. The largest absolute Gasteiger partial charge is 0.508 e. The molecule has 5 N–H and O–H groups in total. The van der Waals surface area contributed by atoms with Gasteiger partial charge in [0.05, 0.1) is 73.7 Å². The van der Waals surface area contributed by atoms with E-state index in [1.165, 1.54) is 4.90 Å². The molecule has 0 saturated carbocycles. The Bertz CT molecular complexity index is 2370. The van der Waals surface area contributed by atoms with E-state index in [2.05, 4.69) is 30.8 Å². The number of azo groups is 1. The second-order valence-corrected chi connectivity index (χ2v) is 17.2. The normalized spacial score (nSPS) is 18.0. The van der Waals surface area contributed by atoms with Gasteiger partial charge in [-0.3, -0.25) is 14.3 Å². The first kappa shape index (κ1) is 46.2. The molecular weight excluding hydrogens is 839 g/mol. The van der Waals surface area contributed by atoms with Gasteiger partial charge in [0.2, 0.25) is 11.8 Å². The number of rotatable bonds is 22. The number of aliphatic hydroxyl groups is 1. The molecular formula is C46H57N9O8S. The SMILES string of the molecule is Cc1ncsc1-c1ccc(CNC(=O)[C@@H]2C[C@@H](O)CN2C(=O)[C@@H](c2cc(CCCOCCOCCOCCn3cc(C4=C(N)N=NC(c5ccccc5O)C4)cn3)no2)C(C)C)cc1. The van der Waals surface area contributed by atoms with Gasteiger partial charge in [0.1, 0.15) is 35.3 Å². The summed E-state index contributed by atoms with van der Waals surface area (Å²) in [5.74, 6) is -0.421. The molecule has 64 heavy (non-hydrogen) atoms. The van der Waals surface area contributed by atoms with E-state index >= 15 is 0 Å². The van der Waals surface area contributed by atoms with Crippen LogP contribution in [0.25, 0.3) is 16.0 Å². The summed E-state index contributed by atoms with van der Waals surface area (Å²) in [7, 11) is 0. The summed E-state index contributed by atoms with van der Waals surface area (Å²) < 4.78 is 24.7. The third-order valence-corrected chi connectivity index (χ3v) is 12.3. The Kier molecular flexibility index (Phi) is 16.0. The molecule has 5 heterocycles. The minimum Gasteiger partial charge on any atom is -0.508 e. The summed E-state index contributed by atoms with van der Waals surface area (Å²) in [6, 6.07) is 15.8. The van der Waals surface area contributed by atoms with Crippen molar-refractivity contribution in [1.82, 2.24) is 30.1 Å². The topological polar surface area (TPSA) is 225 Å². The van der Waals surface area contributed by atoms with E-state index in [9.17, 15) is 19.8 Å². The van der Waals surface area contributed by atoms with Crippen LogP contribution in [0.2, 0.25) is 0 Å². The van der Waals surface area contributed by atoms with Crippen LogP contribution in [-0.2, 0) is 43.3 Å².